The number of para-hydroxylation sites is 1. The topological polar surface area (TPSA) is 137 Å². The molecule has 0 saturated heterocycles. The van der Waals surface area contributed by atoms with Crippen LogP contribution in [0.4, 0.5) is 17.1 Å². The van der Waals surface area contributed by atoms with Gasteiger partial charge >= 0.3 is 0 Å². The summed E-state index contributed by atoms with van der Waals surface area (Å²) in [5.74, 6) is 0. The van der Waals surface area contributed by atoms with E-state index in [1.807, 2.05) is 6.07 Å². The predicted molar refractivity (Wildman–Crippen MR) is 118 cm³/mol. The molecule has 0 heterocycles. The Labute approximate surface area is 182 Å². The fourth-order valence-corrected chi connectivity index (χ4v) is 4.00. The van der Waals surface area contributed by atoms with Crippen molar-refractivity contribution in [3.63, 3.8) is 0 Å². The number of nitriles is 1. The van der Waals surface area contributed by atoms with Crippen molar-refractivity contribution < 1.29 is 13.3 Å². The van der Waals surface area contributed by atoms with Gasteiger partial charge in [0.25, 0.3) is 15.7 Å². The van der Waals surface area contributed by atoms with Gasteiger partial charge in [0.15, 0.2) is 0 Å². The number of hydrazone groups is 1. The van der Waals surface area contributed by atoms with Crippen molar-refractivity contribution in [2.45, 2.75) is 4.90 Å². The van der Waals surface area contributed by atoms with Crippen molar-refractivity contribution in [1.82, 2.24) is 0 Å². The van der Waals surface area contributed by atoms with Crippen LogP contribution in [-0.2, 0) is 10.0 Å². The molecule has 3 aromatic carbocycles. The largest absolute Gasteiger partial charge is 0.278 e. The molecule has 9 nitrogen and oxygen atoms in total. The highest BCUT2D eigenvalue weighted by molar-refractivity contribution is 7.93. The molecule has 0 unspecified atom stereocenters. The van der Waals surface area contributed by atoms with Gasteiger partial charge in [-0.15, -0.1) is 0 Å². The van der Waals surface area contributed by atoms with Gasteiger partial charge in [0.05, 0.1) is 39.2 Å². The number of sulfonamides is 1. The van der Waals surface area contributed by atoms with Crippen molar-refractivity contribution in [3.05, 3.63) is 93.0 Å². The average Bonchev–Trinajstić information content (AvgIpc) is 2.75. The van der Waals surface area contributed by atoms with Crippen LogP contribution in [0.3, 0.4) is 0 Å². The smallest absolute Gasteiger partial charge is 0.270 e. The molecule has 3 rings (SSSR count). The lowest BCUT2D eigenvalue weighted by Gasteiger charge is -2.12. The maximum Gasteiger partial charge on any atom is 0.270 e. The first kappa shape index (κ1) is 21.8. The van der Waals surface area contributed by atoms with E-state index in [-0.39, 0.29) is 21.3 Å². The van der Waals surface area contributed by atoms with E-state index >= 15 is 0 Å². The van der Waals surface area contributed by atoms with E-state index in [1.54, 1.807) is 36.4 Å². The van der Waals surface area contributed by atoms with Crippen molar-refractivity contribution in [2.24, 2.45) is 5.10 Å². The normalized spacial score (nSPS) is 11.1. The summed E-state index contributed by atoms with van der Waals surface area (Å²) in [6.07, 6.45) is 1.42. The molecular formula is C20H14ClN5O4S. The zero-order valence-electron chi connectivity index (χ0n) is 15.7. The molecule has 0 atom stereocenters. The lowest BCUT2D eigenvalue weighted by Crippen LogP contribution is -2.15. The minimum Gasteiger partial charge on any atom is -0.278 e. The average molecular weight is 456 g/mol. The number of nitro groups is 1. The summed E-state index contributed by atoms with van der Waals surface area (Å²) >= 11 is 6.02. The van der Waals surface area contributed by atoms with Gasteiger partial charge in [-0.05, 0) is 35.9 Å². The molecule has 0 aromatic heterocycles. The third-order valence-electron chi connectivity index (χ3n) is 4.02. The Balaban J connectivity index is 1.93. The Hall–Kier alpha value is -3.94. The summed E-state index contributed by atoms with van der Waals surface area (Å²) in [5, 5.41) is 24.1. The molecule has 2 N–H and O–H groups in total. The van der Waals surface area contributed by atoms with Gasteiger partial charge in [0.2, 0.25) is 0 Å². The third-order valence-corrected chi connectivity index (χ3v) is 5.76. The fraction of sp³-hybridized carbons (Fsp3) is 0. The van der Waals surface area contributed by atoms with Gasteiger partial charge < -0.3 is 0 Å². The zero-order chi connectivity index (χ0) is 22.4. The van der Waals surface area contributed by atoms with Crippen LogP contribution in [0.5, 0.6) is 0 Å². The standard InChI is InChI=1S/C20H14ClN5O4S/c21-17-3-1-2-4-18(17)25-31(29,30)20-11-16(26(27)28)9-10-19(20)24-23-13-15-7-5-14(12-22)6-8-15/h1-11,13,24-25H/b23-13-. The van der Waals surface area contributed by atoms with Gasteiger partial charge in [0, 0.05) is 12.1 Å². The maximum absolute atomic E-state index is 12.9. The lowest BCUT2D eigenvalue weighted by molar-refractivity contribution is -0.385. The first-order valence-electron chi connectivity index (χ1n) is 8.65. The number of halogens is 1. The Kier molecular flexibility index (Phi) is 6.49. The first-order chi connectivity index (χ1) is 14.8. The van der Waals surface area contributed by atoms with Crippen LogP contribution in [0.25, 0.3) is 0 Å². The monoisotopic (exact) mass is 455 g/mol. The van der Waals surface area contributed by atoms with E-state index < -0.39 is 20.6 Å². The SMILES string of the molecule is N#Cc1ccc(/C=N\Nc2ccc([N+](=O)[O-])cc2S(=O)(=O)Nc2ccccc2Cl)cc1. The highest BCUT2D eigenvalue weighted by Crippen LogP contribution is 2.30. The maximum atomic E-state index is 12.9. The summed E-state index contributed by atoms with van der Waals surface area (Å²) < 4.78 is 28.2. The molecule has 31 heavy (non-hydrogen) atoms. The van der Waals surface area contributed by atoms with E-state index in [9.17, 15) is 18.5 Å². The molecule has 0 aliphatic heterocycles. The summed E-state index contributed by atoms with van der Waals surface area (Å²) in [4.78, 5) is 10.1. The van der Waals surface area contributed by atoms with Gasteiger partial charge in [-0.2, -0.15) is 10.4 Å². The van der Waals surface area contributed by atoms with E-state index in [2.05, 4.69) is 15.2 Å². The Morgan fingerprint density at radius 3 is 2.42 bits per heavy atom. The number of nitrogens with zero attached hydrogens (tertiary/aromatic N) is 3. The number of nitro benzene ring substituents is 1. The van der Waals surface area contributed by atoms with E-state index in [0.717, 1.165) is 12.1 Å². The number of hydrogen-bond donors (Lipinski definition) is 2. The lowest BCUT2D eigenvalue weighted by atomic mass is 10.2. The molecule has 0 aliphatic rings. The van der Waals surface area contributed by atoms with Crippen molar-refractivity contribution in [1.29, 1.82) is 5.26 Å². The Morgan fingerprint density at radius 1 is 1.06 bits per heavy atom. The van der Waals surface area contributed by atoms with Crippen molar-refractivity contribution in [3.8, 4) is 6.07 Å². The molecule has 0 aliphatic carbocycles. The van der Waals surface area contributed by atoms with E-state index in [0.29, 0.717) is 11.1 Å². The van der Waals surface area contributed by atoms with Crippen LogP contribution in [0.15, 0.2) is 76.7 Å². The van der Waals surface area contributed by atoms with Crippen molar-refractivity contribution >= 4 is 44.9 Å². The van der Waals surface area contributed by atoms with Crippen molar-refractivity contribution in [2.75, 3.05) is 10.1 Å². The number of non-ortho nitro benzene ring substituents is 1. The van der Waals surface area contributed by atoms with E-state index in [4.69, 9.17) is 16.9 Å². The van der Waals surface area contributed by atoms with E-state index in [1.165, 1.54) is 24.4 Å². The van der Waals surface area contributed by atoms with Gasteiger partial charge in [0.1, 0.15) is 4.90 Å². The summed E-state index contributed by atoms with van der Waals surface area (Å²) in [7, 11) is -4.24. The molecule has 0 radical (unpaired) electrons. The predicted octanol–water partition coefficient (Wildman–Crippen LogP) is 4.37. The fourth-order valence-electron chi connectivity index (χ4n) is 2.50. The molecule has 0 bridgehead atoms. The van der Waals surface area contributed by atoms with Gasteiger partial charge in [-0.3, -0.25) is 20.3 Å². The second-order valence-electron chi connectivity index (χ2n) is 6.13. The van der Waals surface area contributed by atoms with Crippen LogP contribution < -0.4 is 10.1 Å². The molecule has 3 aromatic rings. The molecule has 0 saturated carbocycles. The quantitative estimate of drug-likeness (QED) is 0.308. The van der Waals surface area contributed by atoms with Gasteiger partial charge in [-0.1, -0.05) is 35.9 Å². The minimum atomic E-state index is -4.24. The molecule has 11 heteroatoms. The molecule has 0 amide bonds. The first-order valence-corrected chi connectivity index (χ1v) is 10.5. The molecule has 156 valence electrons. The summed E-state index contributed by atoms with van der Waals surface area (Å²) in [5.41, 5.74) is 3.49. The van der Waals surface area contributed by atoms with Crippen LogP contribution in [-0.4, -0.2) is 19.6 Å². The van der Waals surface area contributed by atoms with Gasteiger partial charge in [-0.25, -0.2) is 8.42 Å². The molecule has 0 fully saturated rings. The summed E-state index contributed by atoms with van der Waals surface area (Å²) in [6, 6.07) is 18.1. The van der Waals surface area contributed by atoms with Crippen LogP contribution >= 0.6 is 11.6 Å². The Morgan fingerprint density at radius 2 is 1.77 bits per heavy atom. The number of hydrogen-bond acceptors (Lipinski definition) is 7. The zero-order valence-corrected chi connectivity index (χ0v) is 17.3. The highest BCUT2D eigenvalue weighted by atomic mass is 35.5. The van der Waals surface area contributed by atoms with Crippen LogP contribution in [0.1, 0.15) is 11.1 Å². The number of anilines is 2. The number of nitrogens with one attached hydrogen (secondary N) is 2. The summed E-state index contributed by atoms with van der Waals surface area (Å²) in [6.45, 7) is 0. The van der Waals surface area contributed by atoms with Crippen LogP contribution in [0, 0.1) is 21.4 Å². The minimum absolute atomic E-state index is 0.0232. The molecular weight excluding hydrogens is 442 g/mol. The van der Waals surface area contributed by atoms with Crippen LogP contribution in [0.2, 0.25) is 5.02 Å². The second-order valence-corrected chi connectivity index (χ2v) is 8.18. The second kappa shape index (κ2) is 9.25. The Bertz CT molecular complexity index is 1300. The number of rotatable bonds is 7. The third kappa shape index (κ3) is 5.36. The number of benzene rings is 3. The highest BCUT2D eigenvalue weighted by Gasteiger charge is 2.23. The molecule has 0 spiro atoms.